The Labute approximate surface area is 215 Å². The lowest BCUT2D eigenvalue weighted by molar-refractivity contribution is -0.115. The standard InChI is InChI=1S/C30H27FN2O2S/c1-20(2)21-12-14-23(15-13-21)33-30(35)28(22-8-4-3-5-9-22)36-25-18-16-24(17-19-25)32-29(34)26-10-6-7-11-27(26)31/h3-20,28H,1-2H3,(H,32,34)(H,33,35). The van der Waals surface area contributed by atoms with Crippen LogP contribution in [0.4, 0.5) is 15.8 Å². The molecule has 0 aliphatic rings. The maximum atomic E-state index is 13.9. The van der Waals surface area contributed by atoms with E-state index in [0.29, 0.717) is 11.6 Å². The molecular weight excluding hydrogens is 471 g/mol. The van der Waals surface area contributed by atoms with Crippen molar-refractivity contribution < 1.29 is 14.0 Å². The predicted octanol–water partition coefficient (Wildman–Crippen LogP) is 7.67. The largest absolute Gasteiger partial charge is 0.325 e. The van der Waals surface area contributed by atoms with Crippen LogP contribution in [0.25, 0.3) is 0 Å². The van der Waals surface area contributed by atoms with E-state index in [0.717, 1.165) is 16.1 Å². The molecule has 1 unspecified atom stereocenters. The molecule has 0 heterocycles. The Kier molecular flexibility index (Phi) is 8.18. The molecule has 4 rings (SSSR count). The molecule has 36 heavy (non-hydrogen) atoms. The van der Waals surface area contributed by atoms with E-state index < -0.39 is 17.0 Å². The summed E-state index contributed by atoms with van der Waals surface area (Å²) in [5.74, 6) is -0.793. The van der Waals surface area contributed by atoms with E-state index >= 15 is 0 Å². The highest BCUT2D eigenvalue weighted by Crippen LogP contribution is 2.37. The van der Waals surface area contributed by atoms with E-state index in [2.05, 4.69) is 24.5 Å². The van der Waals surface area contributed by atoms with E-state index in [4.69, 9.17) is 0 Å². The average molecular weight is 499 g/mol. The molecule has 2 amide bonds. The molecule has 6 heteroatoms. The monoisotopic (exact) mass is 498 g/mol. The maximum Gasteiger partial charge on any atom is 0.258 e. The van der Waals surface area contributed by atoms with Gasteiger partial charge in [0.15, 0.2) is 0 Å². The van der Waals surface area contributed by atoms with Crippen LogP contribution in [0.1, 0.15) is 46.5 Å². The molecule has 182 valence electrons. The first-order valence-electron chi connectivity index (χ1n) is 11.7. The second-order valence-corrected chi connectivity index (χ2v) is 9.81. The Morgan fingerprint density at radius 3 is 1.92 bits per heavy atom. The zero-order chi connectivity index (χ0) is 25.5. The molecule has 0 radical (unpaired) electrons. The minimum atomic E-state index is -0.572. The zero-order valence-corrected chi connectivity index (χ0v) is 20.9. The number of carbonyl (C=O) groups is 2. The summed E-state index contributed by atoms with van der Waals surface area (Å²) < 4.78 is 13.9. The highest BCUT2D eigenvalue weighted by Gasteiger charge is 2.22. The summed E-state index contributed by atoms with van der Waals surface area (Å²) in [7, 11) is 0. The molecule has 2 N–H and O–H groups in total. The number of hydrogen-bond donors (Lipinski definition) is 2. The van der Waals surface area contributed by atoms with Crippen LogP contribution in [0.3, 0.4) is 0 Å². The van der Waals surface area contributed by atoms with Crippen molar-refractivity contribution in [1.82, 2.24) is 0 Å². The maximum absolute atomic E-state index is 13.9. The van der Waals surface area contributed by atoms with Crippen molar-refractivity contribution in [2.45, 2.75) is 29.9 Å². The normalized spacial score (nSPS) is 11.7. The zero-order valence-electron chi connectivity index (χ0n) is 20.1. The summed E-state index contributed by atoms with van der Waals surface area (Å²) in [5.41, 5.74) is 3.37. The Morgan fingerprint density at radius 1 is 0.694 bits per heavy atom. The first-order chi connectivity index (χ1) is 17.4. The van der Waals surface area contributed by atoms with Crippen LogP contribution < -0.4 is 10.6 Å². The van der Waals surface area contributed by atoms with Gasteiger partial charge in [0.05, 0.1) is 5.56 Å². The molecule has 0 fully saturated rings. The van der Waals surface area contributed by atoms with Crippen LogP contribution in [0.15, 0.2) is 108 Å². The summed E-state index contributed by atoms with van der Waals surface area (Å²) in [6.45, 7) is 4.26. The molecular formula is C30H27FN2O2S. The summed E-state index contributed by atoms with van der Waals surface area (Å²) in [6, 6.07) is 30.5. The Hall–Kier alpha value is -3.90. The summed E-state index contributed by atoms with van der Waals surface area (Å²) in [6.07, 6.45) is 0. The van der Waals surface area contributed by atoms with Gasteiger partial charge in [-0.2, -0.15) is 0 Å². The summed E-state index contributed by atoms with van der Waals surface area (Å²) in [5, 5.41) is 5.27. The van der Waals surface area contributed by atoms with Gasteiger partial charge >= 0.3 is 0 Å². The average Bonchev–Trinajstić information content (AvgIpc) is 2.89. The van der Waals surface area contributed by atoms with Crippen molar-refractivity contribution in [2.75, 3.05) is 10.6 Å². The Morgan fingerprint density at radius 2 is 1.28 bits per heavy atom. The lowest BCUT2D eigenvalue weighted by Crippen LogP contribution is -2.19. The number of hydrogen-bond acceptors (Lipinski definition) is 3. The molecule has 0 aromatic heterocycles. The number of anilines is 2. The fourth-order valence-electron chi connectivity index (χ4n) is 3.66. The molecule has 0 aliphatic heterocycles. The lowest BCUT2D eigenvalue weighted by atomic mass is 10.0. The van der Waals surface area contributed by atoms with Gasteiger partial charge in [0.2, 0.25) is 5.91 Å². The first kappa shape index (κ1) is 25.2. The number of rotatable bonds is 8. The Balaban J connectivity index is 1.48. The fourth-order valence-corrected chi connectivity index (χ4v) is 4.68. The topological polar surface area (TPSA) is 58.2 Å². The third-order valence-corrected chi connectivity index (χ3v) is 6.94. The van der Waals surface area contributed by atoms with Crippen molar-refractivity contribution >= 4 is 35.0 Å². The van der Waals surface area contributed by atoms with Crippen LogP contribution in [0, 0.1) is 5.82 Å². The van der Waals surface area contributed by atoms with Gasteiger partial charge in [-0.25, -0.2) is 4.39 Å². The van der Waals surface area contributed by atoms with Crippen LogP contribution in [0.2, 0.25) is 0 Å². The SMILES string of the molecule is CC(C)c1ccc(NC(=O)C(Sc2ccc(NC(=O)c3ccccc3F)cc2)c2ccccc2)cc1. The smallest absolute Gasteiger partial charge is 0.258 e. The fraction of sp³-hybridized carbons (Fsp3) is 0.133. The molecule has 1 atom stereocenters. The van der Waals surface area contributed by atoms with E-state index in [1.807, 2.05) is 66.7 Å². The first-order valence-corrected chi connectivity index (χ1v) is 12.6. The van der Waals surface area contributed by atoms with Gasteiger partial charge in [-0.1, -0.05) is 68.4 Å². The van der Waals surface area contributed by atoms with Crippen LogP contribution in [-0.2, 0) is 4.79 Å². The number of benzene rings is 4. The van der Waals surface area contributed by atoms with Crippen molar-refractivity contribution in [3.05, 3.63) is 126 Å². The highest BCUT2D eigenvalue weighted by molar-refractivity contribution is 8.00. The second kappa shape index (κ2) is 11.7. The number of nitrogens with one attached hydrogen (secondary N) is 2. The van der Waals surface area contributed by atoms with E-state index in [1.165, 1.54) is 35.5 Å². The van der Waals surface area contributed by atoms with E-state index in [9.17, 15) is 14.0 Å². The van der Waals surface area contributed by atoms with Gasteiger partial charge in [0.25, 0.3) is 5.91 Å². The third-order valence-electron chi connectivity index (χ3n) is 5.67. The molecule has 0 saturated heterocycles. The van der Waals surface area contributed by atoms with E-state index in [1.54, 1.807) is 18.2 Å². The van der Waals surface area contributed by atoms with Crippen LogP contribution in [-0.4, -0.2) is 11.8 Å². The molecule has 0 saturated carbocycles. The molecule has 4 aromatic carbocycles. The molecule has 0 spiro atoms. The van der Waals surface area contributed by atoms with Crippen molar-refractivity contribution in [1.29, 1.82) is 0 Å². The number of amides is 2. The predicted molar refractivity (Wildman–Crippen MR) is 145 cm³/mol. The number of halogens is 1. The second-order valence-electron chi connectivity index (χ2n) is 8.63. The van der Waals surface area contributed by atoms with Crippen LogP contribution >= 0.6 is 11.8 Å². The van der Waals surface area contributed by atoms with Gasteiger partial charge in [0, 0.05) is 16.3 Å². The minimum Gasteiger partial charge on any atom is -0.325 e. The van der Waals surface area contributed by atoms with E-state index in [-0.39, 0.29) is 11.5 Å². The van der Waals surface area contributed by atoms with Crippen LogP contribution in [0.5, 0.6) is 0 Å². The summed E-state index contributed by atoms with van der Waals surface area (Å²) in [4.78, 5) is 26.6. The van der Waals surface area contributed by atoms with Gasteiger partial charge in [-0.05, 0) is 65.6 Å². The Bertz CT molecular complexity index is 1320. The quantitative estimate of drug-likeness (QED) is 0.245. The van der Waals surface area contributed by atoms with Gasteiger partial charge in [-0.3, -0.25) is 9.59 Å². The van der Waals surface area contributed by atoms with Crippen molar-refractivity contribution in [3.8, 4) is 0 Å². The van der Waals surface area contributed by atoms with Crippen molar-refractivity contribution in [2.24, 2.45) is 0 Å². The number of thioether (sulfide) groups is 1. The molecule has 4 nitrogen and oxygen atoms in total. The molecule has 0 aliphatic carbocycles. The number of carbonyl (C=O) groups excluding carboxylic acids is 2. The lowest BCUT2D eigenvalue weighted by Gasteiger charge is -2.18. The molecule has 0 bridgehead atoms. The van der Waals surface area contributed by atoms with Gasteiger partial charge < -0.3 is 10.6 Å². The van der Waals surface area contributed by atoms with Crippen molar-refractivity contribution in [3.63, 3.8) is 0 Å². The highest BCUT2D eigenvalue weighted by atomic mass is 32.2. The minimum absolute atomic E-state index is 0.0156. The summed E-state index contributed by atoms with van der Waals surface area (Å²) >= 11 is 1.42. The van der Waals surface area contributed by atoms with Gasteiger partial charge in [0.1, 0.15) is 11.1 Å². The van der Waals surface area contributed by atoms with Gasteiger partial charge in [-0.15, -0.1) is 11.8 Å². The third kappa shape index (κ3) is 6.40. The molecule has 4 aromatic rings.